The lowest BCUT2D eigenvalue weighted by molar-refractivity contribution is -0.131. The minimum absolute atomic E-state index is 0.308. The quantitative estimate of drug-likeness (QED) is 0.268. The summed E-state index contributed by atoms with van der Waals surface area (Å²) >= 11 is 0. The summed E-state index contributed by atoms with van der Waals surface area (Å²) in [5.74, 6) is 0.847. The summed E-state index contributed by atoms with van der Waals surface area (Å²) in [6.07, 6.45) is 2.60. The van der Waals surface area contributed by atoms with Crippen LogP contribution in [-0.2, 0) is 4.79 Å². The van der Waals surface area contributed by atoms with Gasteiger partial charge >= 0.3 is 5.97 Å². The van der Waals surface area contributed by atoms with Crippen LogP contribution in [0.25, 0.3) is 28.6 Å². The van der Waals surface area contributed by atoms with Gasteiger partial charge in [-0.3, -0.25) is 15.6 Å². The molecule has 0 bridgehead atoms. The molecule has 3 aromatic rings. The van der Waals surface area contributed by atoms with Crippen molar-refractivity contribution in [1.82, 2.24) is 20.4 Å². The fourth-order valence-corrected chi connectivity index (χ4v) is 3.62. The van der Waals surface area contributed by atoms with Crippen molar-refractivity contribution >= 4 is 23.6 Å². The average Bonchev–Trinajstić information content (AvgIpc) is 3.32. The third kappa shape index (κ3) is 5.65. The fourth-order valence-electron chi connectivity index (χ4n) is 3.62. The van der Waals surface area contributed by atoms with E-state index in [0.717, 1.165) is 23.7 Å². The molecular formula is C25H28N6O5. The lowest BCUT2D eigenvalue weighted by atomic mass is 10.00. The highest BCUT2D eigenvalue weighted by molar-refractivity contribution is 5.86. The summed E-state index contributed by atoms with van der Waals surface area (Å²) in [6, 6.07) is 11.2. The molecule has 0 amide bonds. The second-order valence-corrected chi connectivity index (χ2v) is 8.23. The molecule has 188 valence electrons. The molecule has 1 aromatic heterocycles. The van der Waals surface area contributed by atoms with Crippen LogP contribution in [0, 0.1) is 0 Å². The van der Waals surface area contributed by atoms with E-state index in [0.29, 0.717) is 53.2 Å². The van der Waals surface area contributed by atoms with Gasteiger partial charge in [-0.25, -0.2) is 9.78 Å². The van der Waals surface area contributed by atoms with E-state index < -0.39 is 5.97 Å². The van der Waals surface area contributed by atoms with Gasteiger partial charge in [0.25, 0.3) is 5.56 Å². The third-order valence-corrected chi connectivity index (χ3v) is 5.37. The van der Waals surface area contributed by atoms with E-state index >= 15 is 0 Å². The molecule has 0 fully saturated rings. The van der Waals surface area contributed by atoms with E-state index in [9.17, 15) is 9.59 Å². The number of rotatable bonds is 10. The molecule has 5 N–H and O–H groups in total. The van der Waals surface area contributed by atoms with Crippen LogP contribution in [0.4, 0.5) is 11.5 Å². The van der Waals surface area contributed by atoms with Crippen molar-refractivity contribution < 1.29 is 19.4 Å². The molecule has 2 aromatic carbocycles. The molecule has 36 heavy (non-hydrogen) atoms. The number of hydrogen-bond donors (Lipinski definition) is 5. The van der Waals surface area contributed by atoms with Crippen molar-refractivity contribution in [2.24, 2.45) is 0 Å². The summed E-state index contributed by atoms with van der Waals surface area (Å²) in [4.78, 5) is 32.8. The Morgan fingerprint density at radius 1 is 1.08 bits per heavy atom. The number of aromatic nitrogens is 2. The summed E-state index contributed by atoms with van der Waals surface area (Å²) in [6.45, 7) is 3.48. The Bertz CT molecular complexity index is 1350. The number of nitrogens with one attached hydrogen (secondary N) is 4. The SMILES string of the molecule is CCOc1cc(-c2ccc(OCCN(C)C)c(/C=C/C(=O)O)c2)ccc1-c1nc2c(c(=O)[nH]1)NNN2. The van der Waals surface area contributed by atoms with Crippen LogP contribution in [-0.4, -0.2) is 59.8 Å². The Balaban J connectivity index is 1.71. The number of anilines is 2. The second-order valence-electron chi connectivity index (χ2n) is 8.23. The maximum atomic E-state index is 12.4. The number of fused-ring (bicyclic) bond motifs is 1. The van der Waals surface area contributed by atoms with Gasteiger partial charge in [-0.2, -0.15) is 0 Å². The first-order valence-corrected chi connectivity index (χ1v) is 11.4. The molecule has 1 aliphatic heterocycles. The van der Waals surface area contributed by atoms with Gasteiger partial charge in [-0.15, -0.1) is 5.53 Å². The first-order chi connectivity index (χ1) is 17.4. The Kier molecular flexibility index (Phi) is 7.52. The van der Waals surface area contributed by atoms with Gasteiger partial charge in [0, 0.05) is 18.2 Å². The minimum Gasteiger partial charge on any atom is -0.493 e. The summed E-state index contributed by atoms with van der Waals surface area (Å²) in [5, 5.41) is 9.12. The van der Waals surface area contributed by atoms with Crippen LogP contribution in [0.15, 0.2) is 47.3 Å². The van der Waals surface area contributed by atoms with Crippen LogP contribution < -0.4 is 31.4 Å². The van der Waals surface area contributed by atoms with E-state index in [1.54, 1.807) is 0 Å². The zero-order valence-electron chi connectivity index (χ0n) is 20.2. The first kappa shape index (κ1) is 24.8. The normalized spacial score (nSPS) is 12.3. The number of ether oxygens (including phenoxy) is 2. The zero-order valence-corrected chi connectivity index (χ0v) is 20.2. The van der Waals surface area contributed by atoms with Crippen molar-refractivity contribution in [3.8, 4) is 34.0 Å². The van der Waals surface area contributed by atoms with Crippen LogP contribution >= 0.6 is 0 Å². The van der Waals surface area contributed by atoms with Gasteiger partial charge in [-0.1, -0.05) is 12.1 Å². The average molecular weight is 493 g/mol. The van der Waals surface area contributed by atoms with Crippen LogP contribution in [0.3, 0.4) is 0 Å². The molecule has 0 radical (unpaired) electrons. The van der Waals surface area contributed by atoms with Gasteiger partial charge in [0.1, 0.15) is 23.9 Å². The second kappa shape index (κ2) is 10.9. The highest BCUT2D eigenvalue weighted by Crippen LogP contribution is 2.35. The van der Waals surface area contributed by atoms with E-state index in [1.807, 2.05) is 62.3 Å². The maximum Gasteiger partial charge on any atom is 0.328 e. The summed E-state index contributed by atoms with van der Waals surface area (Å²) in [7, 11) is 3.91. The standard InChI is InChI=1S/C25H28N6O5/c1-4-35-20-14-16(5-8-18(20)23-26-24-22(25(34)27-23)28-30-29-24)15-6-9-19(36-12-11-31(2)3)17(13-15)7-10-21(32)33/h5-10,13-14,28,30H,4,11-12H2,1-3H3,(H,32,33)(H2,26,27,29,34)/b10-7+. The lowest BCUT2D eigenvalue weighted by Gasteiger charge is -2.15. The molecule has 11 heteroatoms. The number of H-pyrrole nitrogens is 1. The van der Waals surface area contributed by atoms with Gasteiger partial charge < -0.3 is 24.5 Å². The van der Waals surface area contributed by atoms with Crippen molar-refractivity contribution in [3.63, 3.8) is 0 Å². The molecule has 0 unspecified atom stereocenters. The number of hydrazine groups is 2. The minimum atomic E-state index is -1.04. The predicted molar refractivity (Wildman–Crippen MR) is 138 cm³/mol. The van der Waals surface area contributed by atoms with Crippen LogP contribution in [0.1, 0.15) is 12.5 Å². The smallest absolute Gasteiger partial charge is 0.328 e. The molecular weight excluding hydrogens is 464 g/mol. The molecule has 0 spiro atoms. The van der Waals surface area contributed by atoms with Crippen molar-refractivity contribution in [3.05, 3.63) is 58.4 Å². The Morgan fingerprint density at radius 3 is 2.61 bits per heavy atom. The van der Waals surface area contributed by atoms with E-state index in [-0.39, 0.29) is 5.56 Å². The number of aromatic amines is 1. The van der Waals surface area contributed by atoms with E-state index in [2.05, 4.69) is 26.4 Å². The van der Waals surface area contributed by atoms with Crippen LogP contribution in [0.5, 0.6) is 11.5 Å². The van der Waals surface area contributed by atoms with Crippen molar-refractivity contribution in [2.45, 2.75) is 6.92 Å². The first-order valence-electron chi connectivity index (χ1n) is 11.4. The van der Waals surface area contributed by atoms with Gasteiger partial charge in [-0.05, 0) is 62.5 Å². The van der Waals surface area contributed by atoms with E-state index in [1.165, 1.54) is 6.08 Å². The topological polar surface area (TPSA) is 141 Å². The maximum absolute atomic E-state index is 12.4. The highest BCUT2D eigenvalue weighted by atomic mass is 16.5. The zero-order chi connectivity index (χ0) is 25.7. The Hall–Kier alpha value is -4.35. The summed E-state index contributed by atoms with van der Waals surface area (Å²) in [5.41, 5.74) is 11.1. The fraction of sp³-hybridized carbons (Fsp3) is 0.240. The molecule has 2 heterocycles. The van der Waals surface area contributed by atoms with Crippen LogP contribution in [0.2, 0.25) is 0 Å². The summed E-state index contributed by atoms with van der Waals surface area (Å²) < 4.78 is 11.8. The molecule has 4 rings (SSSR count). The molecule has 0 aliphatic carbocycles. The lowest BCUT2D eigenvalue weighted by Crippen LogP contribution is -2.21. The number of carboxylic acids is 1. The monoisotopic (exact) mass is 492 g/mol. The number of likely N-dealkylation sites (N-methyl/N-ethyl adjacent to an activating group) is 1. The third-order valence-electron chi connectivity index (χ3n) is 5.37. The number of benzene rings is 2. The molecule has 11 nitrogen and oxygen atoms in total. The molecule has 0 saturated carbocycles. The predicted octanol–water partition coefficient (Wildman–Crippen LogP) is 2.80. The Morgan fingerprint density at radius 2 is 1.86 bits per heavy atom. The number of nitrogens with zero attached hydrogens (tertiary/aromatic N) is 2. The number of carboxylic acid groups (broad SMARTS) is 1. The van der Waals surface area contributed by atoms with Gasteiger partial charge in [0.05, 0.1) is 12.2 Å². The largest absolute Gasteiger partial charge is 0.493 e. The van der Waals surface area contributed by atoms with Gasteiger partial charge in [0.2, 0.25) is 0 Å². The highest BCUT2D eigenvalue weighted by Gasteiger charge is 2.19. The molecule has 1 aliphatic rings. The van der Waals surface area contributed by atoms with Crippen molar-refractivity contribution in [2.75, 3.05) is 44.7 Å². The number of carbonyl (C=O) groups is 1. The van der Waals surface area contributed by atoms with Crippen molar-refractivity contribution in [1.29, 1.82) is 0 Å². The molecule has 0 saturated heterocycles. The number of hydrogen-bond acceptors (Lipinski definition) is 9. The number of aliphatic carboxylic acids is 1. The van der Waals surface area contributed by atoms with E-state index in [4.69, 9.17) is 14.6 Å². The molecule has 0 atom stereocenters. The van der Waals surface area contributed by atoms with Gasteiger partial charge in [0.15, 0.2) is 11.5 Å². The Labute approximate surface area is 207 Å².